The van der Waals surface area contributed by atoms with Gasteiger partial charge < -0.3 is 15.7 Å². The van der Waals surface area contributed by atoms with E-state index in [0.717, 1.165) is 0 Å². The highest BCUT2D eigenvalue weighted by atomic mass is 31.1. The molecular formula is C11H24N2O5P+. The van der Waals surface area contributed by atoms with Crippen LogP contribution in [0.2, 0.25) is 0 Å². The normalized spacial score (nSPS) is 18.4. The quantitative estimate of drug-likeness (QED) is 0.278. The van der Waals surface area contributed by atoms with E-state index >= 15 is 0 Å². The monoisotopic (exact) mass is 295 g/mol. The first kappa shape index (κ1) is 18.6. The zero-order chi connectivity index (χ0) is 15.1. The molecule has 6 N–H and O–H groups in total. The molecule has 0 rings (SSSR count). The van der Waals surface area contributed by atoms with Crippen LogP contribution in [-0.2, 0) is 13.9 Å². The molecule has 0 bridgehead atoms. The molecular weight excluding hydrogens is 271 g/mol. The average molecular weight is 295 g/mol. The van der Waals surface area contributed by atoms with E-state index in [2.05, 4.69) is 4.52 Å². The first-order valence-electron chi connectivity index (χ1n) is 5.95. The summed E-state index contributed by atoms with van der Waals surface area (Å²) in [5, 5.41) is 9.76. The van der Waals surface area contributed by atoms with Crippen molar-refractivity contribution in [3.05, 3.63) is 12.2 Å². The largest absolute Gasteiger partial charge is 0.694 e. The Kier molecular flexibility index (Phi) is 8.52. The highest BCUT2D eigenvalue weighted by Gasteiger charge is 2.22. The van der Waals surface area contributed by atoms with Crippen molar-refractivity contribution in [1.29, 1.82) is 0 Å². The highest BCUT2D eigenvalue weighted by Crippen LogP contribution is 2.25. The molecule has 2 unspecified atom stereocenters. The predicted molar refractivity (Wildman–Crippen MR) is 72.0 cm³/mol. The Labute approximate surface area is 114 Å². The summed E-state index contributed by atoms with van der Waals surface area (Å²) in [6.45, 7) is 5.60. The minimum absolute atomic E-state index is 0.104. The molecule has 0 aromatic rings. The Morgan fingerprint density at radius 3 is 2.53 bits per heavy atom. The molecule has 0 saturated carbocycles. The van der Waals surface area contributed by atoms with Crippen LogP contribution in [0.5, 0.6) is 0 Å². The van der Waals surface area contributed by atoms with Crippen molar-refractivity contribution in [2.24, 2.45) is 17.0 Å². The van der Waals surface area contributed by atoms with Crippen LogP contribution in [0.1, 0.15) is 27.2 Å². The molecule has 7 nitrogen and oxygen atoms in total. The molecule has 112 valence electrons. The fraction of sp³-hybridized carbons (Fsp3) is 0.818. The molecule has 0 spiro atoms. The predicted octanol–water partition coefficient (Wildman–Crippen LogP) is 0.592. The number of hydrogen-bond donors (Lipinski definition) is 4. The van der Waals surface area contributed by atoms with Gasteiger partial charge in [-0.2, -0.15) is 0 Å². The summed E-state index contributed by atoms with van der Waals surface area (Å²) < 4.78 is 14.8. The van der Waals surface area contributed by atoms with E-state index in [1.165, 1.54) is 0 Å². The first-order valence-corrected chi connectivity index (χ1v) is 7.08. The Morgan fingerprint density at radius 2 is 2.05 bits per heavy atom. The summed E-state index contributed by atoms with van der Waals surface area (Å²) in [6.07, 6.45) is 2.98. The molecule has 4 atom stereocenters. The molecule has 0 amide bonds. The topological polar surface area (TPSA) is 128 Å². The Morgan fingerprint density at radius 1 is 1.47 bits per heavy atom. The molecule has 0 saturated heterocycles. The first-order chi connectivity index (χ1) is 8.68. The van der Waals surface area contributed by atoms with Gasteiger partial charge in [-0.15, -0.1) is 9.42 Å². The Bertz CT molecular complexity index is 311. The van der Waals surface area contributed by atoms with Gasteiger partial charge in [-0.05, 0) is 18.8 Å². The van der Waals surface area contributed by atoms with Crippen LogP contribution in [0.4, 0.5) is 0 Å². The van der Waals surface area contributed by atoms with E-state index in [1.54, 1.807) is 6.08 Å². The summed E-state index contributed by atoms with van der Waals surface area (Å²) in [7, 11) is -2.70. The van der Waals surface area contributed by atoms with E-state index < -0.39 is 20.4 Å². The van der Waals surface area contributed by atoms with Gasteiger partial charge in [0.1, 0.15) is 6.61 Å². The molecule has 0 aliphatic heterocycles. The van der Waals surface area contributed by atoms with Crippen LogP contribution in [0.25, 0.3) is 0 Å². The van der Waals surface area contributed by atoms with Crippen LogP contribution in [-0.4, -0.2) is 34.9 Å². The third kappa shape index (κ3) is 9.18. The van der Waals surface area contributed by atoms with Crippen LogP contribution in [0.15, 0.2) is 12.2 Å². The molecule has 0 radical (unpaired) electrons. The minimum atomic E-state index is -2.70. The summed E-state index contributed by atoms with van der Waals surface area (Å²) in [6, 6.07) is -0.763. The zero-order valence-electron chi connectivity index (χ0n) is 11.5. The zero-order valence-corrected chi connectivity index (χ0v) is 12.4. The Hall–Kier alpha value is -0.400. The maximum absolute atomic E-state index is 10.3. The van der Waals surface area contributed by atoms with E-state index in [0.29, 0.717) is 6.42 Å². The third-order valence-corrected chi connectivity index (χ3v) is 2.98. The second-order valence-corrected chi connectivity index (χ2v) is 5.92. The maximum atomic E-state index is 10.3. The van der Waals surface area contributed by atoms with Gasteiger partial charge in [-0.1, -0.05) is 26.0 Å². The molecule has 0 aromatic heterocycles. The summed E-state index contributed by atoms with van der Waals surface area (Å²) in [5.41, 5.74) is 5.39. The lowest BCUT2D eigenvalue weighted by atomic mass is 9.86. The number of allylic oxidation sites excluding steroid dienone is 1. The fourth-order valence-corrected chi connectivity index (χ4v) is 1.91. The van der Waals surface area contributed by atoms with Crippen LogP contribution < -0.4 is 11.6 Å². The van der Waals surface area contributed by atoms with Crippen LogP contribution in [0.3, 0.4) is 0 Å². The van der Waals surface area contributed by atoms with Crippen molar-refractivity contribution in [2.75, 3.05) is 6.61 Å². The lowest BCUT2D eigenvalue weighted by Gasteiger charge is -2.24. The fourth-order valence-electron chi connectivity index (χ4n) is 1.61. The summed E-state index contributed by atoms with van der Waals surface area (Å²) in [4.78, 5) is 13.2. The Balaban J connectivity index is 4.31. The van der Waals surface area contributed by atoms with Crippen molar-refractivity contribution in [1.82, 2.24) is 0 Å². The van der Waals surface area contributed by atoms with E-state index in [1.807, 2.05) is 26.8 Å². The number of nitrogens with two attached hydrogens (primary N) is 2. The van der Waals surface area contributed by atoms with E-state index in [9.17, 15) is 9.67 Å². The van der Waals surface area contributed by atoms with Crippen molar-refractivity contribution < 1.29 is 23.9 Å². The van der Waals surface area contributed by atoms with Gasteiger partial charge in [0.25, 0.3) is 0 Å². The van der Waals surface area contributed by atoms with E-state index in [-0.39, 0.29) is 18.1 Å². The summed E-state index contributed by atoms with van der Waals surface area (Å²) >= 11 is 0. The number of aliphatic hydroxyl groups excluding tert-OH is 1. The summed E-state index contributed by atoms with van der Waals surface area (Å²) in [5.74, 6) is 5.09. The molecule has 8 heteroatoms. The van der Waals surface area contributed by atoms with Gasteiger partial charge in [0.15, 0.2) is 0 Å². The molecule has 0 aliphatic rings. The van der Waals surface area contributed by atoms with Gasteiger partial charge in [0.2, 0.25) is 0 Å². The SMILES string of the molecule is CC(CC(C)(C)/C=C/[C@@H](O)[C@@H](N)CO[P+](=O)O)ON. The van der Waals surface area contributed by atoms with Crippen LogP contribution in [0, 0.1) is 5.41 Å². The van der Waals surface area contributed by atoms with Crippen molar-refractivity contribution >= 4 is 8.25 Å². The third-order valence-electron chi connectivity index (χ3n) is 2.61. The molecule has 0 aliphatic carbocycles. The van der Waals surface area contributed by atoms with Gasteiger partial charge in [-0.3, -0.25) is 0 Å². The van der Waals surface area contributed by atoms with Gasteiger partial charge in [0, 0.05) is 4.57 Å². The number of hydrogen-bond acceptors (Lipinski definition) is 6. The maximum Gasteiger partial charge on any atom is 0.694 e. The van der Waals surface area contributed by atoms with Gasteiger partial charge in [0.05, 0.1) is 18.2 Å². The molecule has 0 aromatic carbocycles. The molecule has 0 fully saturated rings. The lowest BCUT2D eigenvalue weighted by Crippen LogP contribution is -2.37. The van der Waals surface area contributed by atoms with Crippen molar-refractivity contribution in [3.8, 4) is 0 Å². The second-order valence-electron chi connectivity index (χ2n) is 5.19. The van der Waals surface area contributed by atoms with Gasteiger partial charge >= 0.3 is 8.25 Å². The second kappa shape index (κ2) is 8.71. The highest BCUT2D eigenvalue weighted by molar-refractivity contribution is 7.32. The van der Waals surface area contributed by atoms with Crippen molar-refractivity contribution in [3.63, 3.8) is 0 Å². The smallest absolute Gasteiger partial charge is 0.387 e. The van der Waals surface area contributed by atoms with Gasteiger partial charge in [-0.25, -0.2) is 5.90 Å². The molecule has 19 heavy (non-hydrogen) atoms. The lowest BCUT2D eigenvalue weighted by molar-refractivity contribution is 0.0424. The standard InChI is InChI=1S/C11H23N2O5P/c1-8(18-13)6-11(2,3)5-4-10(14)9(12)7-17-19(15)16/h4-5,8-10,14H,6-7,12-13H2,1-3H3/p+1/b5-4+/t8?,9-,10+/m0/s1. The van der Waals surface area contributed by atoms with Crippen molar-refractivity contribution in [2.45, 2.75) is 45.4 Å². The average Bonchev–Trinajstić information content (AvgIpc) is 2.32. The number of rotatable bonds is 9. The van der Waals surface area contributed by atoms with E-state index in [4.69, 9.17) is 21.4 Å². The number of aliphatic hydroxyl groups is 1. The van der Waals surface area contributed by atoms with Crippen LogP contribution >= 0.6 is 8.25 Å². The molecule has 0 heterocycles. The minimum Gasteiger partial charge on any atom is -0.387 e.